The van der Waals surface area contributed by atoms with Crippen LogP contribution < -0.4 is 10.1 Å². The Bertz CT molecular complexity index is 1080. The van der Waals surface area contributed by atoms with E-state index < -0.39 is 0 Å². The summed E-state index contributed by atoms with van der Waals surface area (Å²) in [6.07, 6.45) is 0.952. The van der Waals surface area contributed by atoms with Gasteiger partial charge in [0.05, 0.1) is 17.6 Å². The molecule has 0 unspecified atom stereocenters. The molecule has 1 N–H and O–H groups in total. The number of fused-ring (bicyclic) bond motifs is 5. The van der Waals surface area contributed by atoms with E-state index >= 15 is 0 Å². The molecule has 5 nitrogen and oxygen atoms in total. The zero-order valence-electron chi connectivity index (χ0n) is 16.2. The molecule has 5 heteroatoms. The van der Waals surface area contributed by atoms with Gasteiger partial charge in [-0.2, -0.15) is 0 Å². The summed E-state index contributed by atoms with van der Waals surface area (Å²) in [5, 5.41) is 15.0. The smallest absolute Gasteiger partial charge is 0.269 e. The summed E-state index contributed by atoms with van der Waals surface area (Å²) in [5.41, 5.74) is 5.98. The topological polar surface area (TPSA) is 64.4 Å². The highest BCUT2D eigenvalue weighted by atomic mass is 16.6. The average molecular weight is 386 g/mol. The monoisotopic (exact) mass is 386 g/mol. The number of ether oxygens (including phenoxy) is 1. The maximum Gasteiger partial charge on any atom is 0.269 e. The van der Waals surface area contributed by atoms with Crippen molar-refractivity contribution in [1.82, 2.24) is 0 Å². The minimum Gasteiger partial charge on any atom is -0.494 e. The van der Waals surface area contributed by atoms with Gasteiger partial charge in [0.25, 0.3) is 5.69 Å². The summed E-state index contributed by atoms with van der Waals surface area (Å²) in [5.74, 6) is 1.33. The van der Waals surface area contributed by atoms with Crippen LogP contribution in [0, 0.1) is 16.0 Å². The molecule has 0 aromatic heterocycles. The van der Waals surface area contributed by atoms with Gasteiger partial charge in [-0.25, -0.2) is 0 Å². The van der Waals surface area contributed by atoms with Gasteiger partial charge in [0, 0.05) is 23.7 Å². The Balaban J connectivity index is 1.61. The van der Waals surface area contributed by atoms with Crippen LogP contribution in [-0.4, -0.2) is 11.5 Å². The maximum absolute atomic E-state index is 11.4. The zero-order chi connectivity index (χ0) is 20.0. The highest BCUT2D eigenvalue weighted by Crippen LogP contribution is 2.54. The highest BCUT2D eigenvalue weighted by Gasteiger charge is 2.43. The van der Waals surface area contributed by atoms with Gasteiger partial charge in [0.15, 0.2) is 0 Å². The number of nitrogens with one attached hydrogen (secondary N) is 1. The Labute approximate surface area is 169 Å². The van der Waals surface area contributed by atoms with Gasteiger partial charge < -0.3 is 10.1 Å². The van der Waals surface area contributed by atoms with E-state index in [4.69, 9.17) is 4.74 Å². The van der Waals surface area contributed by atoms with Crippen LogP contribution in [0.3, 0.4) is 0 Å². The molecule has 146 valence electrons. The first-order valence-corrected chi connectivity index (χ1v) is 10.0. The highest BCUT2D eigenvalue weighted by molar-refractivity contribution is 5.65. The van der Waals surface area contributed by atoms with E-state index in [0.29, 0.717) is 12.5 Å². The van der Waals surface area contributed by atoms with E-state index in [0.717, 1.165) is 23.4 Å². The largest absolute Gasteiger partial charge is 0.494 e. The molecular formula is C24H22N2O3. The number of rotatable bonds is 4. The first-order valence-electron chi connectivity index (χ1n) is 10.0. The van der Waals surface area contributed by atoms with Crippen LogP contribution in [0.25, 0.3) is 0 Å². The van der Waals surface area contributed by atoms with E-state index in [1.807, 2.05) is 25.1 Å². The van der Waals surface area contributed by atoms with Crippen LogP contribution in [0.2, 0.25) is 0 Å². The van der Waals surface area contributed by atoms with Crippen molar-refractivity contribution in [2.75, 3.05) is 11.9 Å². The molecule has 2 aliphatic rings. The maximum atomic E-state index is 11.4. The fourth-order valence-electron chi connectivity index (χ4n) is 4.93. The third kappa shape index (κ3) is 2.94. The van der Waals surface area contributed by atoms with Crippen molar-refractivity contribution in [1.29, 1.82) is 0 Å². The molecule has 1 aliphatic heterocycles. The average Bonchev–Trinajstić information content (AvgIpc) is 3.13. The molecular weight excluding hydrogens is 364 g/mol. The Morgan fingerprint density at radius 3 is 2.62 bits per heavy atom. The Morgan fingerprint density at radius 1 is 1.07 bits per heavy atom. The Kier molecular flexibility index (Phi) is 4.23. The predicted octanol–water partition coefficient (Wildman–Crippen LogP) is 5.46. The fraction of sp³-hybridized carbons (Fsp3) is 0.250. The van der Waals surface area contributed by atoms with Crippen LogP contribution in [-0.2, 0) is 6.42 Å². The fourth-order valence-corrected chi connectivity index (χ4v) is 4.93. The number of nitro groups is 1. The summed E-state index contributed by atoms with van der Waals surface area (Å²) < 4.78 is 5.59. The lowest BCUT2D eigenvalue weighted by Gasteiger charge is -2.38. The third-order valence-corrected chi connectivity index (χ3v) is 6.14. The van der Waals surface area contributed by atoms with Gasteiger partial charge in [-0.3, -0.25) is 10.1 Å². The number of non-ortho nitro benzene ring substituents is 1. The molecule has 0 bridgehead atoms. The lowest BCUT2D eigenvalue weighted by molar-refractivity contribution is -0.384. The molecule has 0 spiro atoms. The molecule has 0 amide bonds. The molecule has 5 rings (SSSR count). The van der Waals surface area contributed by atoms with Crippen molar-refractivity contribution >= 4 is 11.4 Å². The summed E-state index contributed by atoms with van der Waals surface area (Å²) >= 11 is 0. The van der Waals surface area contributed by atoms with E-state index in [1.165, 1.54) is 16.7 Å². The molecule has 0 radical (unpaired) electrons. The zero-order valence-corrected chi connectivity index (χ0v) is 16.2. The van der Waals surface area contributed by atoms with Crippen molar-refractivity contribution in [2.24, 2.45) is 5.92 Å². The molecule has 0 fully saturated rings. The van der Waals surface area contributed by atoms with Crippen LogP contribution in [0.1, 0.15) is 41.1 Å². The molecule has 3 aromatic rings. The number of benzene rings is 3. The van der Waals surface area contributed by atoms with Gasteiger partial charge in [0.2, 0.25) is 0 Å². The van der Waals surface area contributed by atoms with Crippen LogP contribution in [0.15, 0.2) is 66.7 Å². The second kappa shape index (κ2) is 6.92. The van der Waals surface area contributed by atoms with Gasteiger partial charge in [-0.15, -0.1) is 0 Å². The summed E-state index contributed by atoms with van der Waals surface area (Å²) in [4.78, 5) is 11.1. The molecule has 1 heterocycles. The Morgan fingerprint density at radius 2 is 1.86 bits per heavy atom. The summed E-state index contributed by atoms with van der Waals surface area (Å²) in [6, 6.07) is 22.1. The second-order valence-corrected chi connectivity index (χ2v) is 7.70. The molecule has 1 aliphatic carbocycles. The minimum atomic E-state index is -0.311. The second-order valence-electron chi connectivity index (χ2n) is 7.70. The van der Waals surface area contributed by atoms with Gasteiger partial charge in [-0.1, -0.05) is 36.4 Å². The molecule has 29 heavy (non-hydrogen) atoms. The van der Waals surface area contributed by atoms with Crippen LogP contribution in [0.5, 0.6) is 5.75 Å². The van der Waals surface area contributed by atoms with Crippen molar-refractivity contribution in [3.05, 3.63) is 99.1 Å². The molecule has 3 atom stereocenters. The molecule has 0 saturated heterocycles. The van der Waals surface area contributed by atoms with Gasteiger partial charge in [-0.05, 0) is 59.7 Å². The minimum absolute atomic E-state index is 0.136. The summed E-state index contributed by atoms with van der Waals surface area (Å²) in [7, 11) is 0. The third-order valence-electron chi connectivity index (χ3n) is 6.14. The van der Waals surface area contributed by atoms with Crippen LogP contribution >= 0.6 is 0 Å². The lowest BCUT2D eigenvalue weighted by atomic mass is 9.75. The van der Waals surface area contributed by atoms with E-state index in [9.17, 15) is 10.1 Å². The van der Waals surface area contributed by atoms with Crippen molar-refractivity contribution < 1.29 is 9.66 Å². The van der Waals surface area contributed by atoms with Crippen molar-refractivity contribution in [3.8, 4) is 5.75 Å². The molecule has 0 saturated carbocycles. The first-order chi connectivity index (χ1) is 14.2. The SMILES string of the molecule is CCOc1ccc([C@@H]2Nc3ccc([N+](=O)[O-])cc3[C@H]3c4ccccc4C[C@@H]32)cc1. The van der Waals surface area contributed by atoms with E-state index in [2.05, 4.69) is 41.7 Å². The first kappa shape index (κ1) is 17.7. The van der Waals surface area contributed by atoms with E-state index in [1.54, 1.807) is 12.1 Å². The standard InChI is InChI=1S/C24H22N2O3/c1-2-29-18-10-7-15(8-11-18)24-21-13-16-5-3-4-6-19(16)23(21)20-14-17(26(27)28)9-12-22(20)25-24/h3-12,14,21,23-25H,2,13H2,1H3/t21-,23+,24-/m0/s1. The number of hydrogen-bond acceptors (Lipinski definition) is 4. The van der Waals surface area contributed by atoms with Gasteiger partial charge in [0.1, 0.15) is 5.75 Å². The van der Waals surface area contributed by atoms with E-state index in [-0.39, 0.29) is 22.6 Å². The number of nitrogens with zero attached hydrogens (tertiary/aromatic N) is 1. The van der Waals surface area contributed by atoms with Crippen molar-refractivity contribution in [3.63, 3.8) is 0 Å². The molecule has 3 aromatic carbocycles. The lowest BCUT2D eigenvalue weighted by Crippen LogP contribution is -2.30. The van der Waals surface area contributed by atoms with Crippen LogP contribution in [0.4, 0.5) is 11.4 Å². The number of hydrogen-bond donors (Lipinski definition) is 1. The van der Waals surface area contributed by atoms with Gasteiger partial charge >= 0.3 is 0 Å². The Hall–Kier alpha value is -3.34. The predicted molar refractivity (Wildman–Crippen MR) is 113 cm³/mol. The number of anilines is 1. The van der Waals surface area contributed by atoms with Crippen molar-refractivity contribution in [2.45, 2.75) is 25.3 Å². The summed E-state index contributed by atoms with van der Waals surface area (Å²) in [6.45, 7) is 2.63. The normalized spacial score (nSPS) is 21.5. The number of nitro benzene ring substituents is 1. The quantitative estimate of drug-likeness (QED) is 0.477.